The van der Waals surface area contributed by atoms with E-state index in [0.29, 0.717) is 0 Å². The lowest BCUT2D eigenvalue weighted by atomic mass is 10.1. The summed E-state index contributed by atoms with van der Waals surface area (Å²) in [6.07, 6.45) is 0.933. The average molecular weight is 293 g/mol. The molecule has 0 spiro atoms. The minimum absolute atomic E-state index is 0.742. The predicted octanol–water partition coefficient (Wildman–Crippen LogP) is 2.88. The van der Waals surface area contributed by atoms with Crippen LogP contribution in [0.4, 0.5) is 0 Å². The van der Waals surface area contributed by atoms with Crippen molar-refractivity contribution in [3.8, 4) is 0 Å². The molecule has 84 valence electrons. The van der Waals surface area contributed by atoms with Crippen molar-refractivity contribution in [2.24, 2.45) is 0 Å². The Morgan fingerprint density at radius 1 is 1.40 bits per heavy atom. The third kappa shape index (κ3) is 4.98. The fraction of sp³-hybridized carbons (Fsp3) is 0.455. The van der Waals surface area contributed by atoms with Gasteiger partial charge in [0.15, 0.2) is 0 Å². The van der Waals surface area contributed by atoms with E-state index in [0.717, 1.165) is 41.2 Å². The molecule has 4 heteroatoms. The predicted molar refractivity (Wildman–Crippen MR) is 67.6 cm³/mol. The number of ether oxygens (including phenoxy) is 1. The van der Waals surface area contributed by atoms with Crippen LogP contribution in [0.3, 0.4) is 0 Å². The van der Waals surface area contributed by atoms with Crippen LogP contribution in [0, 0.1) is 0 Å². The number of hydrogen-bond donors (Lipinski definition) is 1. The van der Waals surface area contributed by atoms with Crippen LogP contribution in [-0.4, -0.2) is 26.8 Å². The van der Waals surface area contributed by atoms with Gasteiger partial charge in [-0.1, -0.05) is 27.5 Å². The van der Waals surface area contributed by atoms with Crippen LogP contribution in [-0.2, 0) is 11.2 Å². The Morgan fingerprint density at radius 3 is 2.93 bits per heavy atom. The van der Waals surface area contributed by atoms with E-state index in [9.17, 15) is 0 Å². The van der Waals surface area contributed by atoms with Crippen LogP contribution in [0.25, 0.3) is 0 Å². The van der Waals surface area contributed by atoms with E-state index in [4.69, 9.17) is 16.3 Å². The standard InChI is InChI=1S/C11H15BrClNO/c1-15-7-6-14-5-4-9-8-10(12)2-3-11(9)13/h2-3,8,14H,4-7H2,1H3. The largest absolute Gasteiger partial charge is 0.383 e. The van der Waals surface area contributed by atoms with Crippen molar-refractivity contribution < 1.29 is 4.74 Å². The first-order chi connectivity index (χ1) is 7.24. The number of rotatable bonds is 6. The molecule has 0 saturated carbocycles. The van der Waals surface area contributed by atoms with Crippen LogP contribution >= 0.6 is 27.5 Å². The molecule has 1 aromatic carbocycles. The molecule has 15 heavy (non-hydrogen) atoms. The molecule has 1 N–H and O–H groups in total. The van der Waals surface area contributed by atoms with Crippen molar-refractivity contribution >= 4 is 27.5 Å². The molecule has 0 aromatic heterocycles. The molecule has 0 unspecified atom stereocenters. The van der Waals surface area contributed by atoms with Crippen LogP contribution < -0.4 is 5.32 Å². The van der Waals surface area contributed by atoms with Gasteiger partial charge in [0.1, 0.15) is 0 Å². The summed E-state index contributed by atoms with van der Waals surface area (Å²) in [6, 6.07) is 5.92. The molecule has 2 nitrogen and oxygen atoms in total. The first kappa shape index (κ1) is 13.0. The SMILES string of the molecule is COCCNCCc1cc(Br)ccc1Cl. The molecule has 0 bridgehead atoms. The summed E-state index contributed by atoms with van der Waals surface area (Å²) in [4.78, 5) is 0. The fourth-order valence-electron chi connectivity index (χ4n) is 1.26. The van der Waals surface area contributed by atoms with Gasteiger partial charge < -0.3 is 10.1 Å². The van der Waals surface area contributed by atoms with Crippen molar-refractivity contribution in [1.29, 1.82) is 0 Å². The Morgan fingerprint density at radius 2 is 2.20 bits per heavy atom. The average Bonchev–Trinajstić information content (AvgIpc) is 2.23. The third-order valence-corrected chi connectivity index (χ3v) is 2.92. The van der Waals surface area contributed by atoms with E-state index in [1.165, 1.54) is 0 Å². The van der Waals surface area contributed by atoms with Gasteiger partial charge in [0, 0.05) is 23.1 Å². The molecule has 0 saturated heterocycles. The topological polar surface area (TPSA) is 21.3 Å². The lowest BCUT2D eigenvalue weighted by Gasteiger charge is -2.06. The summed E-state index contributed by atoms with van der Waals surface area (Å²) in [5.41, 5.74) is 1.16. The maximum absolute atomic E-state index is 6.06. The maximum Gasteiger partial charge on any atom is 0.0587 e. The Kier molecular flexibility index (Phi) is 6.25. The van der Waals surface area contributed by atoms with Crippen LogP contribution in [0.5, 0.6) is 0 Å². The molecule has 0 fully saturated rings. The van der Waals surface area contributed by atoms with Gasteiger partial charge >= 0.3 is 0 Å². The van der Waals surface area contributed by atoms with Crippen LogP contribution in [0.2, 0.25) is 5.02 Å². The van der Waals surface area contributed by atoms with Gasteiger partial charge in [0.2, 0.25) is 0 Å². The summed E-state index contributed by atoms with van der Waals surface area (Å²) in [6.45, 7) is 2.54. The van der Waals surface area contributed by atoms with E-state index >= 15 is 0 Å². The van der Waals surface area contributed by atoms with Crippen LogP contribution in [0.15, 0.2) is 22.7 Å². The van der Waals surface area contributed by atoms with Gasteiger partial charge in [-0.15, -0.1) is 0 Å². The Bertz CT molecular complexity index is 307. The minimum atomic E-state index is 0.742. The number of benzene rings is 1. The van der Waals surface area contributed by atoms with E-state index in [2.05, 4.69) is 27.3 Å². The molecule has 0 amide bonds. The third-order valence-electron chi connectivity index (χ3n) is 2.06. The second kappa shape index (κ2) is 7.23. The van der Waals surface area contributed by atoms with Crippen molar-refractivity contribution in [2.75, 3.05) is 26.8 Å². The zero-order chi connectivity index (χ0) is 11.1. The molecule has 0 heterocycles. The summed E-state index contributed by atoms with van der Waals surface area (Å²) >= 11 is 9.49. The number of hydrogen-bond acceptors (Lipinski definition) is 2. The minimum Gasteiger partial charge on any atom is -0.383 e. The lowest BCUT2D eigenvalue weighted by Crippen LogP contribution is -2.21. The van der Waals surface area contributed by atoms with Gasteiger partial charge in [-0.3, -0.25) is 0 Å². The zero-order valence-electron chi connectivity index (χ0n) is 8.72. The number of methoxy groups -OCH3 is 1. The van der Waals surface area contributed by atoms with Crippen molar-refractivity contribution in [2.45, 2.75) is 6.42 Å². The smallest absolute Gasteiger partial charge is 0.0587 e. The summed E-state index contributed by atoms with van der Waals surface area (Å²) in [5.74, 6) is 0. The molecule has 0 aliphatic rings. The second-order valence-corrected chi connectivity index (χ2v) is 4.55. The zero-order valence-corrected chi connectivity index (χ0v) is 11.1. The first-order valence-electron chi connectivity index (χ1n) is 4.87. The summed E-state index contributed by atoms with van der Waals surface area (Å²) < 4.78 is 6.01. The molecule has 0 aliphatic heterocycles. The molecular weight excluding hydrogens is 277 g/mol. The van der Waals surface area contributed by atoms with Crippen molar-refractivity contribution in [3.05, 3.63) is 33.3 Å². The summed E-state index contributed by atoms with van der Waals surface area (Å²) in [5, 5.41) is 4.11. The maximum atomic E-state index is 6.06. The Labute approximate surface area is 104 Å². The Balaban J connectivity index is 2.33. The van der Waals surface area contributed by atoms with Gasteiger partial charge in [-0.25, -0.2) is 0 Å². The molecular formula is C11H15BrClNO. The van der Waals surface area contributed by atoms with Crippen molar-refractivity contribution in [1.82, 2.24) is 5.32 Å². The highest BCUT2D eigenvalue weighted by atomic mass is 79.9. The Hall–Kier alpha value is -0.0900. The number of halogens is 2. The van der Waals surface area contributed by atoms with E-state index < -0.39 is 0 Å². The number of nitrogens with one attached hydrogen (secondary N) is 1. The quantitative estimate of drug-likeness (QED) is 0.814. The molecule has 1 rings (SSSR count). The highest BCUT2D eigenvalue weighted by Gasteiger charge is 2.00. The fourth-order valence-corrected chi connectivity index (χ4v) is 1.88. The molecule has 0 atom stereocenters. The van der Waals surface area contributed by atoms with Crippen molar-refractivity contribution in [3.63, 3.8) is 0 Å². The highest BCUT2D eigenvalue weighted by molar-refractivity contribution is 9.10. The molecule has 1 aromatic rings. The molecule has 0 radical (unpaired) electrons. The van der Waals surface area contributed by atoms with E-state index in [-0.39, 0.29) is 0 Å². The first-order valence-corrected chi connectivity index (χ1v) is 6.04. The highest BCUT2D eigenvalue weighted by Crippen LogP contribution is 2.20. The van der Waals surface area contributed by atoms with Gasteiger partial charge in [0.05, 0.1) is 6.61 Å². The lowest BCUT2D eigenvalue weighted by molar-refractivity contribution is 0.199. The van der Waals surface area contributed by atoms with E-state index in [1.54, 1.807) is 7.11 Å². The van der Waals surface area contributed by atoms with Gasteiger partial charge in [-0.05, 0) is 36.7 Å². The second-order valence-electron chi connectivity index (χ2n) is 3.23. The molecule has 0 aliphatic carbocycles. The van der Waals surface area contributed by atoms with Gasteiger partial charge in [-0.2, -0.15) is 0 Å². The monoisotopic (exact) mass is 291 g/mol. The summed E-state index contributed by atoms with van der Waals surface area (Å²) in [7, 11) is 1.70. The van der Waals surface area contributed by atoms with Gasteiger partial charge in [0.25, 0.3) is 0 Å². The van der Waals surface area contributed by atoms with Crippen LogP contribution in [0.1, 0.15) is 5.56 Å². The van der Waals surface area contributed by atoms with E-state index in [1.807, 2.05) is 12.1 Å². The normalized spacial score (nSPS) is 10.6.